The summed E-state index contributed by atoms with van der Waals surface area (Å²) in [5.41, 5.74) is 0. The molecule has 0 saturated carbocycles. The molecule has 0 bridgehead atoms. The van der Waals surface area contributed by atoms with Crippen molar-refractivity contribution in [3.63, 3.8) is 0 Å². The molecule has 3 atom stereocenters. The molecule has 2 heterocycles. The maximum atomic E-state index is 12.7. The number of hydrogen-bond acceptors (Lipinski definition) is 6. The number of benzene rings is 1. The van der Waals surface area contributed by atoms with E-state index in [1.165, 1.54) is 31.4 Å². The topological polar surface area (TPSA) is 108 Å². The van der Waals surface area contributed by atoms with Crippen molar-refractivity contribution in [1.29, 1.82) is 0 Å². The molecule has 2 aliphatic heterocycles. The van der Waals surface area contributed by atoms with Crippen LogP contribution in [0.3, 0.4) is 0 Å². The molecule has 1 aromatic rings. The van der Waals surface area contributed by atoms with Crippen LogP contribution in [0.15, 0.2) is 29.2 Å². The quantitative estimate of drug-likeness (QED) is 0.465. The number of nitrogens with one attached hydrogen (secondary N) is 2. The third-order valence-electron chi connectivity index (χ3n) is 6.10. The highest BCUT2D eigenvalue weighted by molar-refractivity contribution is 7.89. The van der Waals surface area contributed by atoms with E-state index < -0.39 is 22.2 Å². The first-order chi connectivity index (χ1) is 15.4. The molecular weight excluding hydrogens is 454 g/mol. The third kappa shape index (κ3) is 7.67. The van der Waals surface area contributed by atoms with Crippen LogP contribution in [0.1, 0.15) is 44.9 Å². The number of amides is 1. The first-order valence-corrected chi connectivity index (χ1v) is 13.3. The molecule has 32 heavy (non-hydrogen) atoms. The Morgan fingerprint density at radius 1 is 1.22 bits per heavy atom. The van der Waals surface area contributed by atoms with Crippen molar-refractivity contribution >= 4 is 27.5 Å². The smallest absolute Gasteiger partial charge is 0.240 e. The molecule has 0 radical (unpaired) electrons. The van der Waals surface area contributed by atoms with Crippen molar-refractivity contribution in [1.82, 2.24) is 14.9 Å². The van der Waals surface area contributed by atoms with Gasteiger partial charge in [0.2, 0.25) is 15.9 Å². The van der Waals surface area contributed by atoms with E-state index in [-0.39, 0.29) is 23.5 Å². The molecule has 2 saturated heterocycles. The number of piperidine rings is 1. The van der Waals surface area contributed by atoms with E-state index in [9.17, 15) is 18.3 Å². The molecule has 10 heteroatoms. The van der Waals surface area contributed by atoms with Crippen LogP contribution in [0.5, 0.6) is 0 Å². The summed E-state index contributed by atoms with van der Waals surface area (Å²) in [7, 11) is -3.77. The number of rotatable bonds is 10. The maximum absolute atomic E-state index is 12.7. The molecule has 0 aliphatic carbocycles. The van der Waals surface area contributed by atoms with Gasteiger partial charge in [-0.2, -0.15) is 0 Å². The van der Waals surface area contributed by atoms with Crippen LogP contribution in [0.2, 0.25) is 5.02 Å². The lowest BCUT2D eigenvalue weighted by Crippen LogP contribution is -2.51. The molecule has 180 valence electrons. The van der Waals surface area contributed by atoms with Crippen LogP contribution in [0.4, 0.5) is 0 Å². The summed E-state index contributed by atoms with van der Waals surface area (Å²) in [6.07, 6.45) is 5.23. The van der Waals surface area contributed by atoms with Gasteiger partial charge in [-0.15, -0.1) is 0 Å². The number of carbonyl (C=O) groups excluding carboxylic acids is 1. The van der Waals surface area contributed by atoms with Crippen LogP contribution in [-0.4, -0.2) is 75.4 Å². The summed E-state index contributed by atoms with van der Waals surface area (Å²) in [6, 6.07) is 5.52. The van der Waals surface area contributed by atoms with Crippen molar-refractivity contribution in [3.05, 3.63) is 29.3 Å². The Hall–Kier alpha value is -1.23. The van der Waals surface area contributed by atoms with Gasteiger partial charge in [0.15, 0.2) is 0 Å². The molecule has 2 aliphatic rings. The van der Waals surface area contributed by atoms with E-state index in [2.05, 4.69) is 14.9 Å². The van der Waals surface area contributed by atoms with Gasteiger partial charge in [0.1, 0.15) is 0 Å². The molecule has 3 N–H and O–H groups in total. The minimum atomic E-state index is -3.77. The Labute approximate surface area is 195 Å². The van der Waals surface area contributed by atoms with Crippen molar-refractivity contribution < 1.29 is 23.1 Å². The summed E-state index contributed by atoms with van der Waals surface area (Å²) in [5.74, 6) is 0.0391. The average molecular weight is 488 g/mol. The zero-order valence-electron chi connectivity index (χ0n) is 18.3. The Morgan fingerprint density at radius 3 is 2.72 bits per heavy atom. The van der Waals surface area contributed by atoms with Gasteiger partial charge in [-0.25, -0.2) is 13.1 Å². The number of ether oxygens (including phenoxy) is 1. The number of sulfonamides is 1. The zero-order chi connectivity index (χ0) is 23.0. The second kappa shape index (κ2) is 12.3. The van der Waals surface area contributed by atoms with Crippen LogP contribution in [-0.2, 0) is 19.6 Å². The molecule has 0 aromatic heterocycles. The van der Waals surface area contributed by atoms with E-state index in [1.807, 2.05) is 0 Å². The first kappa shape index (κ1) is 25.4. The Balaban J connectivity index is 1.40. The minimum absolute atomic E-state index is 0.0391. The molecule has 1 amide bonds. The number of halogens is 1. The highest BCUT2D eigenvalue weighted by Crippen LogP contribution is 2.24. The number of hydrogen-bond donors (Lipinski definition) is 3. The number of aliphatic hydroxyl groups excluding tert-OH is 1. The van der Waals surface area contributed by atoms with Crippen LogP contribution in [0.25, 0.3) is 0 Å². The average Bonchev–Trinajstić information content (AvgIpc) is 2.79. The fraction of sp³-hybridized carbons (Fsp3) is 0.682. The Bertz CT molecular complexity index is 848. The molecule has 1 aromatic carbocycles. The van der Waals surface area contributed by atoms with Gasteiger partial charge >= 0.3 is 0 Å². The standard InChI is InChI=1S/C22H34ClN3O5S/c23-17-5-4-6-19(15-17)32(29,30)25-20-8-7-18(31-21(20)16-27)9-11-24-22(28)10-14-26-12-2-1-3-13-26/h4-6,15,18,20-21,25,27H,1-3,7-14,16H2,(H,24,28)/t18-,20+,21-/m0/s1. The molecule has 3 rings (SSSR count). The zero-order valence-corrected chi connectivity index (χ0v) is 19.9. The molecule has 0 spiro atoms. The van der Waals surface area contributed by atoms with E-state index in [0.717, 1.165) is 19.6 Å². The number of nitrogens with zero attached hydrogens (tertiary/aromatic N) is 1. The normalized spacial score (nSPS) is 24.9. The summed E-state index contributed by atoms with van der Waals surface area (Å²) in [6.45, 7) is 3.16. The fourth-order valence-electron chi connectivity index (χ4n) is 4.28. The Morgan fingerprint density at radius 2 is 2.00 bits per heavy atom. The molecule has 8 nitrogen and oxygen atoms in total. The van der Waals surface area contributed by atoms with Gasteiger partial charge in [-0.3, -0.25) is 4.79 Å². The van der Waals surface area contributed by atoms with Crippen LogP contribution >= 0.6 is 11.6 Å². The van der Waals surface area contributed by atoms with E-state index in [0.29, 0.717) is 37.3 Å². The van der Waals surface area contributed by atoms with Crippen LogP contribution in [0, 0.1) is 0 Å². The fourth-order valence-corrected chi connectivity index (χ4v) is 5.88. The van der Waals surface area contributed by atoms with Crippen molar-refractivity contribution in [2.45, 2.75) is 68.1 Å². The van der Waals surface area contributed by atoms with Gasteiger partial charge < -0.3 is 20.1 Å². The maximum Gasteiger partial charge on any atom is 0.240 e. The lowest BCUT2D eigenvalue weighted by Gasteiger charge is -2.36. The minimum Gasteiger partial charge on any atom is -0.394 e. The summed E-state index contributed by atoms with van der Waals surface area (Å²) < 4.78 is 33.9. The lowest BCUT2D eigenvalue weighted by molar-refractivity contribution is -0.122. The molecule has 2 fully saturated rings. The summed E-state index contributed by atoms with van der Waals surface area (Å²) >= 11 is 5.91. The summed E-state index contributed by atoms with van der Waals surface area (Å²) in [4.78, 5) is 14.5. The third-order valence-corrected chi connectivity index (χ3v) is 7.82. The summed E-state index contributed by atoms with van der Waals surface area (Å²) in [5, 5.41) is 13.0. The van der Waals surface area contributed by atoms with E-state index in [1.54, 1.807) is 12.1 Å². The molecule has 0 unspecified atom stereocenters. The van der Waals surface area contributed by atoms with Crippen molar-refractivity contribution in [2.24, 2.45) is 0 Å². The number of aliphatic hydroxyl groups is 1. The van der Waals surface area contributed by atoms with Gasteiger partial charge in [0.05, 0.1) is 29.8 Å². The second-order valence-electron chi connectivity index (χ2n) is 8.53. The highest BCUT2D eigenvalue weighted by atomic mass is 35.5. The van der Waals surface area contributed by atoms with Gasteiger partial charge in [-0.05, 0) is 63.4 Å². The largest absolute Gasteiger partial charge is 0.394 e. The van der Waals surface area contributed by atoms with Crippen LogP contribution < -0.4 is 10.0 Å². The predicted molar refractivity (Wildman–Crippen MR) is 123 cm³/mol. The number of likely N-dealkylation sites (tertiary alicyclic amines) is 1. The first-order valence-electron chi connectivity index (χ1n) is 11.4. The lowest BCUT2D eigenvalue weighted by atomic mass is 9.98. The number of carbonyl (C=O) groups is 1. The molecular formula is C22H34ClN3O5S. The SMILES string of the molecule is O=C(CCN1CCCCC1)NCC[C@@H]1CC[C@@H](NS(=O)(=O)c2cccc(Cl)c2)[C@H](CO)O1. The second-order valence-corrected chi connectivity index (χ2v) is 10.7. The van der Waals surface area contributed by atoms with E-state index in [4.69, 9.17) is 16.3 Å². The highest BCUT2D eigenvalue weighted by Gasteiger charge is 2.34. The van der Waals surface area contributed by atoms with Gasteiger partial charge in [0.25, 0.3) is 0 Å². The van der Waals surface area contributed by atoms with E-state index >= 15 is 0 Å². The predicted octanol–water partition coefficient (Wildman–Crippen LogP) is 1.91. The monoisotopic (exact) mass is 487 g/mol. The van der Waals surface area contributed by atoms with Crippen molar-refractivity contribution in [3.8, 4) is 0 Å². The van der Waals surface area contributed by atoms with Gasteiger partial charge in [0, 0.05) is 24.5 Å². The Kier molecular flexibility index (Phi) is 9.76. The van der Waals surface area contributed by atoms with Crippen molar-refractivity contribution in [2.75, 3.05) is 32.8 Å². The van der Waals surface area contributed by atoms with Gasteiger partial charge in [-0.1, -0.05) is 24.1 Å².